The van der Waals surface area contributed by atoms with Crippen molar-refractivity contribution in [3.8, 4) is 0 Å². The quantitative estimate of drug-likeness (QED) is 0.685. The van der Waals surface area contributed by atoms with E-state index in [2.05, 4.69) is 24.5 Å². The zero-order valence-electron chi connectivity index (χ0n) is 8.60. The fourth-order valence-electron chi connectivity index (χ4n) is 1.73. The second-order valence-electron chi connectivity index (χ2n) is 3.72. The maximum Gasteiger partial charge on any atom is 0.220 e. The number of carbonyl (C=O) groups excluding carboxylic acids is 1. The lowest BCUT2D eigenvalue weighted by atomic mass is 10.0. The topological polar surface area (TPSA) is 41.1 Å². The second-order valence-corrected chi connectivity index (χ2v) is 3.72. The fraction of sp³-hybridized carbons (Fsp3) is 0.900. The van der Waals surface area contributed by atoms with Gasteiger partial charge in [0.2, 0.25) is 5.91 Å². The molecule has 2 N–H and O–H groups in total. The van der Waals surface area contributed by atoms with Gasteiger partial charge in [-0.05, 0) is 19.3 Å². The van der Waals surface area contributed by atoms with Crippen LogP contribution in [0.2, 0.25) is 0 Å². The standard InChI is InChI=1S/C10H20N2O/c1-3-8(4-2)12-9-5-6-10(13)11-7-9/h8-9,12H,3-7H2,1-2H3,(H,11,13). The molecule has 1 unspecified atom stereocenters. The molecule has 0 spiro atoms. The van der Waals surface area contributed by atoms with Gasteiger partial charge in [-0.15, -0.1) is 0 Å². The molecule has 0 aromatic carbocycles. The van der Waals surface area contributed by atoms with E-state index in [-0.39, 0.29) is 5.91 Å². The van der Waals surface area contributed by atoms with Gasteiger partial charge in [-0.2, -0.15) is 0 Å². The SMILES string of the molecule is CCC(CC)NC1CCC(=O)NC1. The first kappa shape index (κ1) is 10.5. The van der Waals surface area contributed by atoms with Crippen molar-refractivity contribution in [2.45, 2.75) is 51.6 Å². The summed E-state index contributed by atoms with van der Waals surface area (Å²) in [5.41, 5.74) is 0. The predicted octanol–water partition coefficient (Wildman–Crippen LogP) is 1.04. The van der Waals surface area contributed by atoms with E-state index in [1.54, 1.807) is 0 Å². The van der Waals surface area contributed by atoms with Crippen LogP contribution in [0.25, 0.3) is 0 Å². The third-order valence-corrected chi connectivity index (χ3v) is 2.72. The van der Waals surface area contributed by atoms with Gasteiger partial charge in [-0.1, -0.05) is 13.8 Å². The lowest BCUT2D eigenvalue weighted by Gasteiger charge is -2.27. The van der Waals surface area contributed by atoms with Crippen LogP contribution in [-0.2, 0) is 4.79 Å². The zero-order valence-corrected chi connectivity index (χ0v) is 8.60. The maximum atomic E-state index is 10.9. The minimum atomic E-state index is 0.197. The third-order valence-electron chi connectivity index (χ3n) is 2.72. The smallest absolute Gasteiger partial charge is 0.220 e. The average molecular weight is 184 g/mol. The Morgan fingerprint density at radius 3 is 2.69 bits per heavy atom. The monoisotopic (exact) mass is 184 g/mol. The van der Waals surface area contributed by atoms with Crippen LogP contribution in [0.5, 0.6) is 0 Å². The molecule has 0 aromatic rings. The summed E-state index contributed by atoms with van der Waals surface area (Å²) in [5, 5.41) is 6.45. The minimum Gasteiger partial charge on any atom is -0.355 e. The van der Waals surface area contributed by atoms with Crippen LogP contribution in [-0.4, -0.2) is 24.5 Å². The van der Waals surface area contributed by atoms with Crippen molar-refractivity contribution in [1.82, 2.24) is 10.6 Å². The number of hydrogen-bond donors (Lipinski definition) is 2. The van der Waals surface area contributed by atoms with Gasteiger partial charge < -0.3 is 10.6 Å². The van der Waals surface area contributed by atoms with E-state index in [0.29, 0.717) is 18.5 Å². The molecule has 13 heavy (non-hydrogen) atoms. The van der Waals surface area contributed by atoms with Gasteiger partial charge in [-0.3, -0.25) is 4.79 Å². The molecular weight excluding hydrogens is 164 g/mol. The number of carbonyl (C=O) groups is 1. The fourth-order valence-corrected chi connectivity index (χ4v) is 1.73. The van der Waals surface area contributed by atoms with E-state index in [9.17, 15) is 4.79 Å². The number of hydrogen-bond acceptors (Lipinski definition) is 2. The van der Waals surface area contributed by atoms with Crippen molar-refractivity contribution in [1.29, 1.82) is 0 Å². The van der Waals surface area contributed by atoms with Gasteiger partial charge >= 0.3 is 0 Å². The average Bonchev–Trinajstić information content (AvgIpc) is 2.17. The van der Waals surface area contributed by atoms with Crippen LogP contribution in [0.1, 0.15) is 39.5 Å². The molecule has 1 fully saturated rings. The Bertz CT molecular complexity index is 156. The van der Waals surface area contributed by atoms with Gasteiger partial charge in [0.05, 0.1) is 0 Å². The highest BCUT2D eigenvalue weighted by molar-refractivity contribution is 5.76. The molecule has 1 saturated heterocycles. The van der Waals surface area contributed by atoms with Crippen molar-refractivity contribution in [3.63, 3.8) is 0 Å². The van der Waals surface area contributed by atoms with Crippen LogP contribution in [0.3, 0.4) is 0 Å². The maximum absolute atomic E-state index is 10.9. The van der Waals surface area contributed by atoms with Crippen molar-refractivity contribution in [2.75, 3.05) is 6.54 Å². The molecule has 0 aromatic heterocycles. The Balaban J connectivity index is 2.24. The van der Waals surface area contributed by atoms with Gasteiger partial charge in [0, 0.05) is 25.0 Å². The molecular formula is C10H20N2O. The first-order valence-electron chi connectivity index (χ1n) is 5.29. The van der Waals surface area contributed by atoms with E-state index < -0.39 is 0 Å². The Morgan fingerprint density at radius 1 is 1.54 bits per heavy atom. The van der Waals surface area contributed by atoms with Crippen LogP contribution < -0.4 is 10.6 Å². The summed E-state index contributed by atoms with van der Waals surface area (Å²) in [7, 11) is 0. The van der Waals surface area contributed by atoms with Crippen molar-refractivity contribution < 1.29 is 4.79 Å². The largest absolute Gasteiger partial charge is 0.355 e. The van der Waals surface area contributed by atoms with Gasteiger partial charge in [-0.25, -0.2) is 0 Å². The number of piperidine rings is 1. The highest BCUT2D eigenvalue weighted by atomic mass is 16.1. The number of rotatable bonds is 4. The molecule has 1 heterocycles. The molecule has 0 radical (unpaired) electrons. The van der Waals surface area contributed by atoms with Crippen molar-refractivity contribution >= 4 is 5.91 Å². The Labute approximate surface area is 80.3 Å². The van der Waals surface area contributed by atoms with Crippen molar-refractivity contribution in [3.05, 3.63) is 0 Å². The summed E-state index contributed by atoms with van der Waals surface area (Å²) in [6.07, 6.45) is 4.00. The lowest BCUT2D eigenvalue weighted by molar-refractivity contribution is -0.122. The second kappa shape index (κ2) is 5.22. The summed E-state index contributed by atoms with van der Waals surface area (Å²) in [6.45, 7) is 5.19. The summed E-state index contributed by atoms with van der Waals surface area (Å²) in [5.74, 6) is 0.197. The van der Waals surface area contributed by atoms with E-state index in [1.807, 2.05) is 0 Å². The summed E-state index contributed by atoms with van der Waals surface area (Å²) in [6, 6.07) is 1.10. The summed E-state index contributed by atoms with van der Waals surface area (Å²) >= 11 is 0. The molecule has 76 valence electrons. The van der Waals surface area contributed by atoms with Crippen LogP contribution in [0, 0.1) is 0 Å². The molecule has 1 aliphatic rings. The predicted molar refractivity (Wildman–Crippen MR) is 53.5 cm³/mol. The van der Waals surface area contributed by atoms with E-state index >= 15 is 0 Å². The zero-order chi connectivity index (χ0) is 9.68. The van der Waals surface area contributed by atoms with Crippen LogP contribution in [0.15, 0.2) is 0 Å². The van der Waals surface area contributed by atoms with Gasteiger partial charge in [0.1, 0.15) is 0 Å². The number of nitrogens with one attached hydrogen (secondary N) is 2. The highest BCUT2D eigenvalue weighted by Crippen LogP contribution is 2.06. The third kappa shape index (κ3) is 3.35. The molecule has 1 atom stereocenters. The minimum absolute atomic E-state index is 0.197. The Hall–Kier alpha value is -0.570. The van der Waals surface area contributed by atoms with E-state index in [4.69, 9.17) is 0 Å². The van der Waals surface area contributed by atoms with E-state index in [0.717, 1.165) is 13.0 Å². The normalized spacial score (nSPS) is 23.3. The molecule has 1 amide bonds. The summed E-state index contributed by atoms with van der Waals surface area (Å²) in [4.78, 5) is 10.9. The molecule has 1 rings (SSSR count). The lowest BCUT2D eigenvalue weighted by Crippen LogP contribution is -2.48. The van der Waals surface area contributed by atoms with Crippen LogP contribution >= 0.6 is 0 Å². The first-order chi connectivity index (χ1) is 6.26. The summed E-state index contributed by atoms with van der Waals surface area (Å²) < 4.78 is 0. The molecule has 0 aliphatic carbocycles. The molecule has 3 heteroatoms. The van der Waals surface area contributed by atoms with Crippen molar-refractivity contribution in [2.24, 2.45) is 0 Å². The Kier molecular flexibility index (Phi) is 4.22. The Morgan fingerprint density at radius 2 is 2.23 bits per heavy atom. The highest BCUT2D eigenvalue weighted by Gasteiger charge is 2.19. The molecule has 0 bridgehead atoms. The molecule has 1 aliphatic heterocycles. The van der Waals surface area contributed by atoms with Crippen LogP contribution in [0.4, 0.5) is 0 Å². The molecule has 3 nitrogen and oxygen atoms in total. The number of amides is 1. The molecule has 0 saturated carbocycles. The van der Waals surface area contributed by atoms with Gasteiger partial charge in [0.25, 0.3) is 0 Å². The van der Waals surface area contributed by atoms with Gasteiger partial charge in [0.15, 0.2) is 0 Å². The van der Waals surface area contributed by atoms with E-state index in [1.165, 1.54) is 12.8 Å². The first-order valence-corrected chi connectivity index (χ1v) is 5.29.